The lowest BCUT2D eigenvalue weighted by molar-refractivity contribution is 0.0952. The minimum absolute atomic E-state index is 0.147. The van der Waals surface area contributed by atoms with E-state index in [1.807, 2.05) is 12.1 Å². The first-order chi connectivity index (χ1) is 14.0. The first kappa shape index (κ1) is 20.9. The number of hydrogen-bond donors (Lipinski definition) is 2. The molecule has 0 aromatic heterocycles. The van der Waals surface area contributed by atoms with Gasteiger partial charge in [0.2, 0.25) is 0 Å². The quantitative estimate of drug-likeness (QED) is 0.716. The zero-order valence-corrected chi connectivity index (χ0v) is 17.4. The van der Waals surface area contributed by atoms with Gasteiger partial charge in [0.05, 0.1) is 0 Å². The van der Waals surface area contributed by atoms with Crippen molar-refractivity contribution in [3.63, 3.8) is 0 Å². The maximum atomic E-state index is 12.6. The minimum Gasteiger partial charge on any atom is -0.372 e. The number of carbonyl (C=O) groups is 2. The number of nitrogens with zero attached hydrogens (tertiary/aromatic N) is 1. The molecule has 0 aliphatic carbocycles. The Morgan fingerprint density at radius 1 is 0.931 bits per heavy atom. The number of benzene rings is 2. The summed E-state index contributed by atoms with van der Waals surface area (Å²) in [5.41, 5.74) is 2.92. The van der Waals surface area contributed by atoms with Gasteiger partial charge in [-0.3, -0.25) is 9.59 Å². The van der Waals surface area contributed by atoms with Crippen LogP contribution in [-0.2, 0) is 0 Å². The van der Waals surface area contributed by atoms with E-state index < -0.39 is 0 Å². The predicted molar refractivity (Wildman–Crippen MR) is 119 cm³/mol. The number of anilines is 2. The molecule has 2 N–H and O–H groups in total. The third-order valence-electron chi connectivity index (χ3n) is 5.24. The number of hydrogen-bond acceptors (Lipinski definition) is 3. The van der Waals surface area contributed by atoms with Crippen LogP contribution in [0.2, 0.25) is 0 Å². The highest BCUT2D eigenvalue weighted by atomic mass is 16.2. The van der Waals surface area contributed by atoms with Crippen molar-refractivity contribution in [3.8, 4) is 0 Å². The Hall–Kier alpha value is -2.82. The summed E-state index contributed by atoms with van der Waals surface area (Å²) in [5.74, 6) is 0.174. The summed E-state index contributed by atoms with van der Waals surface area (Å²) in [6.07, 6.45) is 4.71. The minimum atomic E-state index is -0.215. The van der Waals surface area contributed by atoms with Crippen molar-refractivity contribution < 1.29 is 9.59 Å². The summed E-state index contributed by atoms with van der Waals surface area (Å²) in [6, 6.07) is 14.8. The molecule has 0 unspecified atom stereocenters. The van der Waals surface area contributed by atoms with Crippen molar-refractivity contribution in [2.24, 2.45) is 5.92 Å². The molecule has 0 saturated carbocycles. The lowest BCUT2D eigenvalue weighted by atomic mass is 10.1. The summed E-state index contributed by atoms with van der Waals surface area (Å²) in [4.78, 5) is 27.3. The summed E-state index contributed by atoms with van der Waals surface area (Å²) in [7, 11) is 0. The SMILES string of the molecule is CC(C)CCNC(=O)c1cccc(C(=O)Nc2ccc(N3CCCCC3)cc2)c1. The van der Waals surface area contributed by atoms with Crippen molar-refractivity contribution in [1.29, 1.82) is 0 Å². The van der Waals surface area contributed by atoms with Crippen molar-refractivity contribution in [3.05, 3.63) is 59.7 Å². The Labute approximate surface area is 173 Å². The molecule has 0 spiro atoms. The molecule has 0 atom stereocenters. The Kier molecular flexibility index (Phi) is 7.28. The Bertz CT molecular complexity index is 824. The van der Waals surface area contributed by atoms with Gasteiger partial charge in [0.25, 0.3) is 11.8 Å². The molecule has 5 nitrogen and oxygen atoms in total. The van der Waals surface area contributed by atoms with Crippen LogP contribution in [0.15, 0.2) is 48.5 Å². The van der Waals surface area contributed by atoms with Crippen LogP contribution < -0.4 is 15.5 Å². The van der Waals surface area contributed by atoms with Gasteiger partial charge in [0, 0.05) is 42.1 Å². The standard InChI is InChI=1S/C24H31N3O2/c1-18(2)13-14-25-23(28)19-7-6-8-20(17-19)24(29)26-21-9-11-22(12-10-21)27-15-4-3-5-16-27/h6-12,17-18H,3-5,13-16H2,1-2H3,(H,25,28)(H,26,29). The van der Waals surface area contributed by atoms with E-state index in [1.54, 1.807) is 24.3 Å². The molecule has 29 heavy (non-hydrogen) atoms. The first-order valence-corrected chi connectivity index (χ1v) is 10.6. The first-order valence-electron chi connectivity index (χ1n) is 10.6. The highest BCUT2D eigenvalue weighted by Crippen LogP contribution is 2.22. The van der Waals surface area contributed by atoms with Crippen molar-refractivity contribution >= 4 is 23.2 Å². The van der Waals surface area contributed by atoms with Gasteiger partial charge in [-0.15, -0.1) is 0 Å². The molecule has 1 saturated heterocycles. The second-order valence-electron chi connectivity index (χ2n) is 8.07. The van der Waals surface area contributed by atoms with Crippen molar-refractivity contribution in [2.45, 2.75) is 39.5 Å². The Morgan fingerprint density at radius 3 is 2.24 bits per heavy atom. The van der Waals surface area contributed by atoms with Gasteiger partial charge in [-0.2, -0.15) is 0 Å². The van der Waals surface area contributed by atoms with E-state index in [4.69, 9.17) is 0 Å². The third kappa shape index (κ3) is 6.08. The largest absolute Gasteiger partial charge is 0.372 e. The third-order valence-corrected chi connectivity index (χ3v) is 5.24. The van der Waals surface area contributed by atoms with Crippen LogP contribution in [0.1, 0.15) is 60.2 Å². The predicted octanol–water partition coefficient (Wildman–Crippen LogP) is 4.71. The highest BCUT2D eigenvalue weighted by molar-refractivity contribution is 6.06. The summed E-state index contributed by atoms with van der Waals surface area (Å²) in [5, 5.41) is 5.83. The van der Waals surface area contributed by atoms with Crippen LogP contribution in [0.25, 0.3) is 0 Å². The average Bonchev–Trinajstić information content (AvgIpc) is 2.74. The number of piperidine rings is 1. The van der Waals surface area contributed by atoms with Crippen LogP contribution in [0.5, 0.6) is 0 Å². The van der Waals surface area contributed by atoms with Gasteiger partial charge < -0.3 is 15.5 Å². The second kappa shape index (κ2) is 10.1. The van der Waals surface area contributed by atoms with Crippen LogP contribution in [0.4, 0.5) is 11.4 Å². The van der Waals surface area contributed by atoms with E-state index in [2.05, 4.69) is 41.5 Å². The van der Waals surface area contributed by atoms with Crippen LogP contribution in [0.3, 0.4) is 0 Å². The molecule has 1 fully saturated rings. The monoisotopic (exact) mass is 393 g/mol. The molecule has 1 heterocycles. The molecule has 154 valence electrons. The average molecular weight is 394 g/mol. The molecule has 3 rings (SSSR count). The zero-order valence-electron chi connectivity index (χ0n) is 17.4. The second-order valence-corrected chi connectivity index (χ2v) is 8.07. The Balaban J connectivity index is 1.59. The summed E-state index contributed by atoms with van der Waals surface area (Å²) >= 11 is 0. The topological polar surface area (TPSA) is 61.4 Å². The highest BCUT2D eigenvalue weighted by Gasteiger charge is 2.13. The molecular formula is C24H31N3O2. The van der Waals surface area contributed by atoms with E-state index in [0.29, 0.717) is 23.6 Å². The van der Waals surface area contributed by atoms with Gasteiger partial charge >= 0.3 is 0 Å². The molecule has 2 aromatic rings. The number of rotatable bonds is 7. The molecule has 0 bridgehead atoms. The summed E-state index contributed by atoms with van der Waals surface area (Å²) in [6.45, 7) is 7.07. The molecule has 0 radical (unpaired) electrons. The smallest absolute Gasteiger partial charge is 0.255 e. The fourth-order valence-corrected chi connectivity index (χ4v) is 3.49. The normalized spacial score (nSPS) is 14.0. The molecule has 2 amide bonds. The van der Waals surface area contributed by atoms with E-state index in [0.717, 1.165) is 25.2 Å². The number of amides is 2. The fourth-order valence-electron chi connectivity index (χ4n) is 3.49. The lowest BCUT2D eigenvalue weighted by Crippen LogP contribution is -2.29. The van der Waals surface area contributed by atoms with Crippen molar-refractivity contribution in [2.75, 3.05) is 29.9 Å². The summed E-state index contributed by atoms with van der Waals surface area (Å²) < 4.78 is 0. The maximum Gasteiger partial charge on any atom is 0.255 e. The van der Waals surface area contributed by atoms with Gasteiger partial charge in [-0.25, -0.2) is 0 Å². The molecule has 1 aliphatic heterocycles. The number of carbonyl (C=O) groups excluding carboxylic acids is 2. The molecule has 5 heteroatoms. The van der Waals surface area contributed by atoms with Gasteiger partial charge in [-0.1, -0.05) is 19.9 Å². The van der Waals surface area contributed by atoms with Gasteiger partial charge in [0.15, 0.2) is 0 Å². The zero-order chi connectivity index (χ0) is 20.6. The van der Waals surface area contributed by atoms with E-state index in [-0.39, 0.29) is 11.8 Å². The maximum absolute atomic E-state index is 12.6. The van der Waals surface area contributed by atoms with E-state index in [9.17, 15) is 9.59 Å². The molecule has 2 aromatic carbocycles. The fraction of sp³-hybridized carbons (Fsp3) is 0.417. The Morgan fingerprint density at radius 2 is 1.59 bits per heavy atom. The van der Waals surface area contributed by atoms with Crippen LogP contribution in [0, 0.1) is 5.92 Å². The number of nitrogens with one attached hydrogen (secondary N) is 2. The molecular weight excluding hydrogens is 362 g/mol. The van der Waals surface area contributed by atoms with Gasteiger partial charge in [0.1, 0.15) is 0 Å². The van der Waals surface area contributed by atoms with Gasteiger partial charge in [-0.05, 0) is 74.1 Å². The van der Waals surface area contributed by atoms with E-state index >= 15 is 0 Å². The molecule has 1 aliphatic rings. The van der Waals surface area contributed by atoms with E-state index in [1.165, 1.54) is 24.9 Å². The van der Waals surface area contributed by atoms with Crippen LogP contribution in [-0.4, -0.2) is 31.4 Å². The lowest BCUT2D eigenvalue weighted by Gasteiger charge is -2.28. The van der Waals surface area contributed by atoms with Crippen molar-refractivity contribution in [1.82, 2.24) is 5.32 Å². The van der Waals surface area contributed by atoms with Crippen LogP contribution >= 0.6 is 0 Å².